The van der Waals surface area contributed by atoms with Crippen molar-refractivity contribution in [2.24, 2.45) is 0 Å². The number of Topliss-reactive ketones (excluding diaryl/α,β-unsaturated/α-hetero) is 2. The molecule has 0 saturated heterocycles. The first kappa shape index (κ1) is 14.3. The van der Waals surface area contributed by atoms with Crippen molar-refractivity contribution in [3.63, 3.8) is 0 Å². The Bertz CT molecular complexity index is 199. The minimum absolute atomic E-state index is 0.112. The predicted molar refractivity (Wildman–Crippen MR) is 61.0 cm³/mol. The Hall–Kier alpha value is -0.740. The van der Waals surface area contributed by atoms with Gasteiger partial charge in [-0.25, -0.2) is 0 Å². The molecule has 0 heterocycles. The topological polar surface area (TPSA) is 40.6 Å². The van der Waals surface area contributed by atoms with Crippen LogP contribution in [0.3, 0.4) is 0 Å². The third-order valence-electron chi connectivity index (χ3n) is 1.97. The van der Waals surface area contributed by atoms with E-state index in [0.29, 0.717) is 13.1 Å². The van der Waals surface area contributed by atoms with Crippen molar-refractivity contribution >= 4 is 11.6 Å². The molecule has 0 fully saturated rings. The van der Waals surface area contributed by atoms with Crippen LogP contribution in [0.15, 0.2) is 0 Å². The summed E-state index contributed by atoms with van der Waals surface area (Å²) < 4.78 is 0. The van der Waals surface area contributed by atoms with Crippen LogP contribution in [0.4, 0.5) is 0 Å². The quantitative estimate of drug-likeness (QED) is 0.587. The molecule has 4 nitrogen and oxygen atoms in total. The number of hydrogen-bond acceptors (Lipinski definition) is 4. The first-order chi connectivity index (χ1) is 6.91. The van der Waals surface area contributed by atoms with Gasteiger partial charge in [0.15, 0.2) is 0 Å². The number of hydrogen-bond donors (Lipinski definition) is 0. The molecular formula is C11H22N2O2. The molecule has 0 aromatic carbocycles. The molecule has 0 amide bonds. The van der Waals surface area contributed by atoms with Crippen molar-refractivity contribution < 1.29 is 9.59 Å². The smallest absolute Gasteiger partial charge is 0.143 e. The zero-order valence-electron chi connectivity index (χ0n) is 10.2. The summed E-state index contributed by atoms with van der Waals surface area (Å²) in [6.07, 6.45) is 0.980. The van der Waals surface area contributed by atoms with Gasteiger partial charge in [0, 0.05) is 6.54 Å². The maximum absolute atomic E-state index is 11.0. The van der Waals surface area contributed by atoms with Crippen molar-refractivity contribution in [2.45, 2.75) is 20.3 Å². The van der Waals surface area contributed by atoms with Gasteiger partial charge in [-0.05, 0) is 40.9 Å². The molecule has 0 aromatic rings. The molecule has 0 bridgehead atoms. The molecule has 88 valence electrons. The van der Waals surface area contributed by atoms with Crippen LogP contribution in [-0.4, -0.2) is 61.6 Å². The van der Waals surface area contributed by atoms with Gasteiger partial charge in [-0.3, -0.25) is 14.5 Å². The van der Waals surface area contributed by atoms with Crippen LogP contribution in [0.25, 0.3) is 0 Å². The first-order valence-corrected chi connectivity index (χ1v) is 5.27. The van der Waals surface area contributed by atoms with Crippen molar-refractivity contribution in [1.82, 2.24) is 9.80 Å². The standard InChI is InChI=1S/C11H22N2O2/c1-10(14)8-13(9-11(2)15)7-5-6-12(3)4/h5-9H2,1-4H3. The van der Waals surface area contributed by atoms with E-state index < -0.39 is 0 Å². The largest absolute Gasteiger partial charge is 0.309 e. The van der Waals surface area contributed by atoms with Crippen LogP contribution >= 0.6 is 0 Å². The monoisotopic (exact) mass is 214 g/mol. The van der Waals surface area contributed by atoms with Gasteiger partial charge in [0.2, 0.25) is 0 Å². The zero-order chi connectivity index (χ0) is 11.8. The molecule has 0 saturated carbocycles. The lowest BCUT2D eigenvalue weighted by atomic mass is 10.3. The lowest BCUT2D eigenvalue weighted by Gasteiger charge is -2.20. The predicted octanol–water partition coefficient (Wildman–Crippen LogP) is 0.418. The first-order valence-electron chi connectivity index (χ1n) is 5.27. The number of carbonyl (C=O) groups is 2. The summed E-state index contributed by atoms with van der Waals surface area (Å²) in [6, 6.07) is 0. The highest BCUT2D eigenvalue weighted by Gasteiger charge is 2.09. The van der Waals surface area contributed by atoms with Gasteiger partial charge in [0.05, 0.1) is 13.1 Å². The van der Waals surface area contributed by atoms with E-state index in [1.807, 2.05) is 19.0 Å². The van der Waals surface area contributed by atoms with E-state index in [0.717, 1.165) is 19.5 Å². The van der Waals surface area contributed by atoms with Crippen LogP contribution in [0, 0.1) is 0 Å². The van der Waals surface area contributed by atoms with Gasteiger partial charge in [-0.2, -0.15) is 0 Å². The lowest BCUT2D eigenvalue weighted by Crippen LogP contribution is -2.35. The molecule has 0 aromatic heterocycles. The average molecular weight is 214 g/mol. The molecule has 0 N–H and O–H groups in total. The Morgan fingerprint density at radius 1 is 0.933 bits per heavy atom. The van der Waals surface area contributed by atoms with E-state index in [2.05, 4.69) is 4.90 Å². The minimum Gasteiger partial charge on any atom is -0.309 e. The molecule has 0 rings (SSSR count). The van der Waals surface area contributed by atoms with E-state index in [9.17, 15) is 9.59 Å². The van der Waals surface area contributed by atoms with Crippen LogP contribution in [0.1, 0.15) is 20.3 Å². The third-order valence-corrected chi connectivity index (χ3v) is 1.97. The molecular weight excluding hydrogens is 192 g/mol. The second-order valence-corrected chi connectivity index (χ2v) is 4.27. The van der Waals surface area contributed by atoms with Crippen molar-refractivity contribution in [2.75, 3.05) is 40.3 Å². The molecule has 0 aliphatic carbocycles. The maximum atomic E-state index is 11.0. The van der Waals surface area contributed by atoms with E-state index in [1.54, 1.807) is 13.8 Å². The Balaban J connectivity index is 3.89. The minimum atomic E-state index is 0.112. The summed E-state index contributed by atoms with van der Waals surface area (Å²) >= 11 is 0. The number of ketones is 2. The maximum Gasteiger partial charge on any atom is 0.143 e. The summed E-state index contributed by atoms with van der Waals surface area (Å²) in [5.74, 6) is 0.224. The van der Waals surface area contributed by atoms with Gasteiger partial charge in [0.25, 0.3) is 0 Å². The van der Waals surface area contributed by atoms with Crippen LogP contribution in [0.5, 0.6) is 0 Å². The second kappa shape index (κ2) is 7.54. The molecule has 0 spiro atoms. The highest BCUT2D eigenvalue weighted by atomic mass is 16.1. The molecule has 15 heavy (non-hydrogen) atoms. The van der Waals surface area contributed by atoms with E-state index in [4.69, 9.17) is 0 Å². The van der Waals surface area contributed by atoms with Gasteiger partial charge in [-0.1, -0.05) is 0 Å². The Kier molecular flexibility index (Phi) is 7.17. The third kappa shape index (κ3) is 9.56. The molecule has 0 radical (unpaired) electrons. The fourth-order valence-electron chi connectivity index (χ4n) is 1.45. The molecule has 0 aliphatic heterocycles. The van der Waals surface area contributed by atoms with Crippen LogP contribution in [0.2, 0.25) is 0 Å². The fraction of sp³-hybridized carbons (Fsp3) is 0.818. The SMILES string of the molecule is CC(=O)CN(CCCN(C)C)CC(C)=O. The lowest BCUT2D eigenvalue weighted by molar-refractivity contribution is -0.120. The van der Waals surface area contributed by atoms with Crippen molar-refractivity contribution in [3.8, 4) is 0 Å². The summed E-state index contributed by atoms with van der Waals surface area (Å²) in [5, 5.41) is 0. The highest BCUT2D eigenvalue weighted by Crippen LogP contribution is 1.94. The second-order valence-electron chi connectivity index (χ2n) is 4.27. The normalized spacial score (nSPS) is 11.1. The summed E-state index contributed by atoms with van der Waals surface area (Å²) in [4.78, 5) is 25.9. The van der Waals surface area contributed by atoms with Gasteiger partial charge in [0.1, 0.15) is 11.6 Å². The highest BCUT2D eigenvalue weighted by molar-refractivity contribution is 5.80. The van der Waals surface area contributed by atoms with E-state index in [-0.39, 0.29) is 11.6 Å². The fourth-order valence-corrected chi connectivity index (χ4v) is 1.45. The summed E-state index contributed by atoms with van der Waals surface area (Å²) in [6.45, 7) is 5.65. The van der Waals surface area contributed by atoms with Crippen LogP contribution < -0.4 is 0 Å². The van der Waals surface area contributed by atoms with Crippen molar-refractivity contribution in [3.05, 3.63) is 0 Å². The Morgan fingerprint density at radius 2 is 1.40 bits per heavy atom. The summed E-state index contributed by atoms with van der Waals surface area (Å²) in [7, 11) is 4.03. The molecule has 0 unspecified atom stereocenters. The van der Waals surface area contributed by atoms with Gasteiger partial charge < -0.3 is 4.90 Å². The zero-order valence-corrected chi connectivity index (χ0v) is 10.2. The Labute approximate surface area is 92.2 Å². The summed E-state index contributed by atoms with van der Waals surface area (Å²) in [5.41, 5.74) is 0. The average Bonchev–Trinajstić information content (AvgIpc) is 2.00. The van der Waals surface area contributed by atoms with E-state index in [1.165, 1.54) is 0 Å². The number of rotatable bonds is 8. The van der Waals surface area contributed by atoms with E-state index >= 15 is 0 Å². The molecule has 0 aliphatic rings. The molecule has 0 atom stereocenters. The molecule has 4 heteroatoms. The Morgan fingerprint density at radius 3 is 1.73 bits per heavy atom. The number of nitrogens with zero attached hydrogens (tertiary/aromatic N) is 2. The van der Waals surface area contributed by atoms with Crippen LogP contribution in [-0.2, 0) is 9.59 Å². The van der Waals surface area contributed by atoms with Gasteiger partial charge in [-0.15, -0.1) is 0 Å². The van der Waals surface area contributed by atoms with Crippen molar-refractivity contribution in [1.29, 1.82) is 0 Å². The van der Waals surface area contributed by atoms with Gasteiger partial charge >= 0.3 is 0 Å². The number of carbonyl (C=O) groups excluding carboxylic acids is 2.